The largest absolute Gasteiger partial charge is 0.478 e. The first-order valence-electron chi connectivity index (χ1n) is 6.64. The zero-order chi connectivity index (χ0) is 15.1. The van der Waals surface area contributed by atoms with E-state index in [2.05, 4.69) is 27.0 Å². The zero-order valence-corrected chi connectivity index (χ0v) is 12.9. The second-order valence-electron chi connectivity index (χ2n) is 5.53. The monoisotopic (exact) mass is 265 g/mol. The second-order valence-corrected chi connectivity index (χ2v) is 5.53. The fraction of sp³-hybridized carbons (Fsp3) is 0.562. The van der Waals surface area contributed by atoms with Gasteiger partial charge in [0, 0.05) is 13.6 Å². The van der Waals surface area contributed by atoms with Crippen molar-refractivity contribution >= 4 is 5.91 Å². The van der Waals surface area contributed by atoms with Gasteiger partial charge in [-0.05, 0) is 38.3 Å². The molecule has 0 aromatic rings. The third-order valence-corrected chi connectivity index (χ3v) is 2.76. The van der Waals surface area contributed by atoms with Gasteiger partial charge in [-0.3, -0.25) is 4.79 Å². The average molecular weight is 265 g/mol. The summed E-state index contributed by atoms with van der Waals surface area (Å²) in [5.74, 6) is 1.08. The van der Waals surface area contributed by atoms with Crippen molar-refractivity contribution in [3.8, 4) is 0 Å². The third kappa shape index (κ3) is 6.27. The number of carbonyl (C=O) groups is 1. The number of hydrogen-bond donors (Lipinski definition) is 0. The summed E-state index contributed by atoms with van der Waals surface area (Å²) in [4.78, 5) is 14.1. The Morgan fingerprint density at radius 2 is 1.95 bits per heavy atom. The van der Waals surface area contributed by atoms with Crippen molar-refractivity contribution in [1.29, 1.82) is 0 Å². The lowest BCUT2D eigenvalue weighted by atomic mass is 10.1. The molecule has 0 aliphatic heterocycles. The normalized spacial score (nSPS) is 12.2. The Kier molecular flexibility index (Phi) is 7.20. The van der Waals surface area contributed by atoms with Crippen LogP contribution in [-0.2, 0) is 9.53 Å². The first-order valence-corrected chi connectivity index (χ1v) is 6.64. The van der Waals surface area contributed by atoms with E-state index in [-0.39, 0.29) is 5.91 Å². The van der Waals surface area contributed by atoms with E-state index in [4.69, 9.17) is 4.74 Å². The lowest BCUT2D eigenvalue weighted by Gasteiger charge is -2.30. The Morgan fingerprint density at radius 1 is 1.37 bits per heavy atom. The summed E-state index contributed by atoms with van der Waals surface area (Å²) >= 11 is 0. The topological polar surface area (TPSA) is 29.5 Å². The summed E-state index contributed by atoms with van der Waals surface area (Å²) in [5, 5.41) is 0. The first kappa shape index (κ1) is 17.5. The van der Waals surface area contributed by atoms with E-state index in [9.17, 15) is 4.79 Å². The molecule has 3 nitrogen and oxygen atoms in total. The molecule has 0 aliphatic rings. The molecule has 3 heteroatoms. The van der Waals surface area contributed by atoms with Crippen LogP contribution >= 0.6 is 0 Å². The zero-order valence-electron chi connectivity index (χ0n) is 12.9. The highest BCUT2D eigenvalue weighted by atomic mass is 16.5. The van der Waals surface area contributed by atoms with Gasteiger partial charge in [-0.1, -0.05) is 33.1 Å². The molecule has 0 atom stereocenters. The van der Waals surface area contributed by atoms with Crippen LogP contribution in [0.4, 0.5) is 0 Å². The van der Waals surface area contributed by atoms with Gasteiger partial charge in [-0.25, -0.2) is 0 Å². The molecular weight excluding hydrogens is 238 g/mol. The van der Waals surface area contributed by atoms with Crippen LogP contribution in [0.1, 0.15) is 34.1 Å². The molecule has 0 heterocycles. The number of allylic oxidation sites excluding steroid dienone is 3. The molecule has 0 saturated heterocycles. The highest BCUT2D eigenvalue weighted by molar-refractivity contribution is 5.84. The Bertz CT molecular complexity index is 354. The van der Waals surface area contributed by atoms with Crippen LogP contribution in [0.25, 0.3) is 0 Å². The average Bonchev–Trinajstić information content (AvgIpc) is 2.34. The number of likely N-dealkylation sites (N-methyl/N-ethyl adjacent to an activating group) is 1. The molecule has 0 unspecified atom stereocenters. The molecule has 0 rings (SSSR count). The van der Waals surface area contributed by atoms with Gasteiger partial charge in [0.25, 0.3) is 5.91 Å². The SMILES string of the molecule is C=C/C=C(\C=C)OC(C)(C)C(=O)N(C)CCC(C)C. The van der Waals surface area contributed by atoms with Crippen molar-refractivity contribution < 1.29 is 9.53 Å². The number of amides is 1. The van der Waals surface area contributed by atoms with Gasteiger partial charge in [0.05, 0.1) is 0 Å². The van der Waals surface area contributed by atoms with Crippen LogP contribution in [0.15, 0.2) is 37.1 Å². The van der Waals surface area contributed by atoms with Gasteiger partial charge in [0.15, 0.2) is 5.60 Å². The molecule has 1 amide bonds. The highest BCUT2D eigenvalue weighted by Crippen LogP contribution is 2.18. The number of rotatable bonds is 8. The molecule has 0 radical (unpaired) electrons. The Labute approximate surface area is 117 Å². The summed E-state index contributed by atoms with van der Waals surface area (Å²) < 4.78 is 5.70. The van der Waals surface area contributed by atoms with E-state index in [1.165, 1.54) is 0 Å². The van der Waals surface area contributed by atoms with Crippen LogP contribution in [0.3, 0.4) is 0 Å². The molecule has 0 aliphatic carbocycles. The minimum atomic E-state index is -0.908. The van der Waals surface area contributed by atoms with E-state index in [0.717, 1.165) is 13.0 Å². The third-order valence-electron chi connectivity index (χ3n) is 2.76. The number of ether oxygens (including phenoxy) is 1. The van der Waals surface area contributed by atoms with Gasteiger partial charge in [-0.15, -0.1) is 0 Å². The van der Waals surface area contributed by atoms with E-state index in [1.807, 2.05) is 0 Å². The first-order chi connectivity index (χ1) is 8.74. The van der Waals surface area contributed by atoms with Crippen LogP contribution in [0.5, 0.6) is 0 Å². The maximum absolute atomic E-state index is 12.3. The molecule has 0 saturated carbocycles. The molecule has 0 aromatic heterocycles. The molecule has 108 valence electrons. The molecule has 0 spiro atoms. The number of hydrogen-bond acceptors (Lipinski definition) is 2. The van der Waals surface area contributed by atoms with Crippen molar-refractivity contribution in [3.63, 3.8) is 0 Å². The van der Waals surface area contributed by atoms with E-state index >= 15 is 0 Å². The summed E-state index contributed by atoms with van der Waals surface area (Å²) in [6, 6.07) is 0. The fourth-order valence-electron chi connectivity index (χ4n) is 1.61. The van der Waals surface area contributed by atoms with Gasteiger partial charge >= 0.3 is 0 Å². The number of carbonyl (C=O) groups excluding carboxylic acids is 1. The Balaban J connectivity index is 4.70. The lowest BCUT2D eigenvalue weighted by Crippen LogP contribution is -2.45. The summed E-state index contributed by atoms with van der Waals surface area (Å²) in [6.07, 6.45) is 5.86. The van der Waals surface area contributed by atoms with Crippen LogP contribution in [0, 0.1) is 5.92 Å². The van der Waals surface area contributed by atoms with E-state index in [0.29, 0.717) is 11.7 Å². The van der Waals surface area contributed by atoms with Crippen molar-refractivity contribution in [1.82, 2.24) is 4.90 Å². The molecule has 0 bridgehead atoms. The van der Waals surface area contributed by atoms with E-state index < -0.39 is 5.60 Å². The molecular formula is C16H27NO2. The van der Waals surface area contributed by atoms with Crippen molar-refractivity contribution in [2.75, 3.05) is 13.6 Å². The van der Waals surface area contributed by atoms with Crippen molar-refractivity contribution in [2.24, 2.45) is 5.92 Å². The van der Waals surface area contributed by atoms with Crippen molar-refractivity contribution in [2.45, 2.75) is 39.7 Å². The Hall–Kier alpha value is -1.51. The van der Waals surface area contributed by atoms with Crippen LogP contribution < -0.4 is 0 Å². The summed E-state index contributed by atoms with van der Waals surface area (Å²) in [7, 11) is 1.81. The molecule has 19 heavy (non-hydrogen) atoms. The van der Waals surface area contributed by atoms with Crippen LogP contribution in [-0.4, -0.2) is 30.0 Å². The molecule has 0 N–H and O–H groups in total. The molecule has 0 fully saturated rings. The smallest absolute Gasteiger partial charge is 0.265 e. The summed E-state index contributed by atoms with van der Waals surface area (Å²) in [6.45, 7) is 15.8. The van der Waals surface area contributed by atoms with Gasteiger partial charge in [0.2, 0.25) is 0 Å². The quantitative estimate of drug-likeness (QED) is 0.496. The van der Waals surface area contributed by atoms with Gasteiger partial charge in [0.1, 0.15) is 5.76 Å². The standard InChI is InChI=1S/C16H27NO2/c1-8-10-14(9-2)19-16(5,6)15(18)17(7)12-11-13(3)4/h8-10,13H,1-2,11-12H2,3-7H3/b14-10+. The van der Waals surface area contributed by atoms with Crippen molar-refractivity contribution in [3.05, 3.63) is 37.1 Å². The predicted octanol–water partition coefficient (Wildman–Crippen LogP) is 3.54. The Morgan fingerprint density at radius 3 is 2.37 bits per heavy atom. The fourth-order valence-corrected chi connectivity index (χ4v) is 1.61. The number of nitrogens with zero attached hydrogens (tertiary/aromatic N) is 1. The van der Waals surface area contributed by atoms with E-state index in [1.54, 1.807) is 44.0 Å². The van der Waals surface area contributed by atoms with Gasteiger partial charge < -0.3 is 9.64 Å². The minimum Gasteiger partial charge on any atom is -0.478 e. The second kappa shape index (κ2) is 7.82. The van der Waals surface area contributed by atoms with Crippen LogP contribution in [0.2, 0.25) is 0 Å². The van der Waals surface area contributed by atoms with Gasteiger partial charge in [-0.2, -0.15) is 0 Å². The highest BCUT2D eigenvalue weighted by Gasteiger charge is 2.32. The maximum atomic E-state index is 12.3. The summed E-state index contributed by atoms with van der Waals surface area (Å²) in [5.41, 5.74) is -0.908. The lowest BCUT2D eigenvalue weighted by molar-refractivity contribution is -0.148. The predicted molar refractivity (Wildman–Crippen MR) is 80.7 cm³/mol. The maximum Gasteiger partial charge on any atom is 0.265 e. The minimum absolute atomic E-state index is 0.0371. The molecule has 0 aromatic carbocycles.